The third-order valence-electron chi connectivity index (χ3n) is 6.34. The van der Waals surface area contributed by atoms with Crippen molar-refractivity contribution in [3.8, 4) is 28.2 Å². The Balaban J connectivity index is 1.61. The van der Waals surface area contributed by atoms with Crippen molar-refractivity contribution in [2.45, 2.75) is 0 Å². The zero-order chi connectivity index (χ0) is 24.3. The summed E-state index contributed by atoms with van der Waals surface area (Å²) in [5, 5.41) is 3.03. The SMILES string of the molecule is Clc1ccc(-n2c(-c3ccccc3)cc(C=Nc3cccc4ccccc34)c2-c2ccccc2)cc1. The van der Waals surface area contributed by atoms with E-state index in [1.54, 1.807) is 0 Å². The summed E-state index contributed by atoms with van der Waals surface area (Å²) in [6.07, 6.45) is 1.99. The van der Waals surface area contributed by atoms with Crippen molar-refractivity contribution in [2.24, 2.45) is 4.99 Å². The summed E-state index contributed by atoms with van der Waals surface area (Å²) in [6.45, 7) is 0. The van der Waals surface area contributed by atoms with E-state index in [-0.39, 0.29) is 0 Å². The summed E-state index contributed by atoms with van der Waals surface area (Å²) in [5.74, 6) is 0. The van der Waals surface area contributed by atoms with Crippen LogP contribution in [0.4, 0.5) is 5.69 Å². The molecule has 0 fully saturated rings. The topological polar surface area (TPSA) is 17.3 Å². The molecule has 2 nitrogen and oxygen atoms in total. The highest BCUT2D eigenvalue weighted by Crippen LogP contribution is 2.36. The molecule has 0 aliphatic heterocycles. The van der Waals surface area contributed by atoms with Gasteiger partial charge < -0.3 is 4.57 Å². The highest BCUT2D eigenvalue weighted by molar-refractivity contribution is 6.30. The van der Waals surface area contributed by atoms with Gasteiger partial charge in [0.2, 0.25) is 0 Å². The second-order valence-corrected chi connectivity index (χ2v) is 9.07. The largest absolute Gasteiger partial charge is 0.309 e. The summed E-state index contributed by atoms with van der Waals surface area (Å²) in [6, 6.07) is 45.8. The third kappa shape index (κ3) is 4.24. The molecule has 0 aliphatic carbocycles. The maximum atomic E-state index is 6.25. The van der Waals surface area contributed by atoms with Gasteiger partial charge in [-0.15, -0.1) is 0 Å². The van der Waals surface area contributed by atoms with Crippen molar-refractivity contribution in [3.05, 3.63) is 144 Å². The normalized spacial score (nSPS) is 11.4. The molecule has 0 unspecified atom stereocenters. The molecule has 0 bridgehead atoms. The molecule has 0 aliphatic rings. The molecule has 0 saturated carbocycles. The van der Waals surface area contributed by atoms with E-state index < -0.39 is 0 Å². The van der Waals surface area contributed by atoms with E-state index in [0.29, 0.717) is 5.02 Å². The van der Waals surface area contributed by atoms with Gasteiger partial charge in [0, 0.05) is 27.9 Å². The molecule has 0 saturated heterocycles. The summed E-state index contributed by atoms with van der Waals surface area (Å²) in [7, 11) is 0. The van der Waals surface area contributed by atoms with Crippen molar-refractivity contribution in [1.29, 1.82) is 0 Å². The maximum absolute atomic E-state index is 6.25. The Morgan fingerprint density at radius 1 is 0.611 bits per heavy atom. The highest BCUT2D eigenvalue weighted by atomic mass is 35.5. The highest BCUT2D eigenvalue weighted by Gasteiger charge is 2.18. The van der Waals surface area contributed by atoms with Crippen LogP contribution in [0.25, 0.3) is 39.0 Å². The number of nitrogens with zero attached hydrogens (tertiary/aromatic N) is 2. The lowest BCUT2D eigenvalue weighted by atomic mass is 10.1. The monoisotopic (exact) mass is 482 g/mol. The Bertz CT molecular complexity index is 1660. The molecule has 0 amide bonds. The van der Waals surface area contributed by atoms with Crippen LogP contribution in [0.5, 0.6) is 0 Å². The van der Waals surface area contributed by atoms with Crippen LogP contribution in [0.1, 0.15) is 5.56 Å². The number of rotatable bonds is 5. The van der Waals surface area contributed by atoms with Gasteiger partial charge in [0.05, 0.1) is 17.1 Å². The minimum absolute atomic E-state index is 0.714. The fraction of sp³-hybridized carbons (Fsp3) is 0. The summed E-state index contributed by atoms with van der Waals surface area (Å²) in [5.41, 5.74) is 7.47. The molecule has 172 valence electrons. The molecule has 6 aromatic rings. The van der Waals surface area contributed by atoms with E-state index in [9.17, 15) is 0 Å². The average molecular weight is 483 g/mol. The first kappa shape index (κ1) is 22.1. The number of hydrogen-bond acceptors (Lipinski definition) is 1. The molecule has 6 rings (SSSR count). The standard InChI is InChI=1S/C33H23ClN2/c34-28-18-20-29(21-19-28)36-32(25-11-3-1-4-12-25)22-27(33(36)26-13-5-2-6-14-26)23-35-31-17-9-15-24-10-7-8-16-30(24)31/h1-23H. The second kappa shape index (κ2) is 9.69. The molecule has 3 heteroatoms. The first-order valence-electron chi connectivity index (χ1n) is 11.9. The van der Waals surface area contributed by atoms with Crippen LogP contribution in [0.15, 0.2) is 138 Å². The fourth-order valence-electron chi connectivity index (χ4n) is 4.66. The van der Waals surface area contributed by atoms with Crippen LogP contribution < -0.4 is 0 Å². The number of halogens is 1. The number of hydrogen-bond donors (Lipinski definition) is 0. The van der Waals surface area contributed by atoms with Gasteiger partial charge >= 0.3 is 0 Å². The molecule has 1 heterocycles. The van der Waals surface area contributed by atoms with Gasteiger partial charge in [0.25, 0.3) is 0 Å². The smallest absolute Gasteiger partial charge is 0.0708 e. The number of fused-ring (bicyclic) bond motifs is 1. The van der Waals surface area contributed by atoms with Crippen molar-refractivity contribution in [1.82, 2.24) is 4.57 Å². The lowest BCUT2D eigenvalue weighted by molar-refractivity contribution is 1.09. The summed E-state index contributed by atoms with van der Waals surface area (Å²) < 4.78 is 2.30. The van der Waals surface area contributed by atoms with Crippen LogP contribution >= 0.6 is 11.6 Å². The first-order chi connectivity index (χ1) is 17.8. The van der Waals surface area contributed by atoms with Crippen LogP contribution in [0, 0.1) is 0 Å². The first-order valence-corrected chi connectivity index (χ1v) is 12.3. The second-order valence-electron chi connectivity index (χ2n) is 8.63. The van der Waals surface area contributed by atoms with Crippen LogP contribution in [0.2, 0.25) is 5.02 Å². The third-order valence-corrected chi connectivity index (χ3v) is 6.59. The molecule has 36 heavy (non-hydrogen) atoms. The lowest BCUT2D eigenvalue weighted by Gasteiger charge is -2.15. The molecule has 1 aromatic heterocycles. The van der Waals surface area contributed by atoms with Crippen LogP contribution in [0.3, 0.4) is 0 Å². The predicted octanol–water partition coefficient (Wildman–Crippen LogP) is 9.37. The van der Waals surface area contributed by atoms with Crippen molar-refractivity contribution >= 4 is 34.3 Å². The van der Waals surface area contributed by atoms with Gasteiger partial charge in [-0.1, -0.05) is 109 Å². The van der Waals surface area contributed by atoms with Crippen molar-refractivity contribution in [2.75, 3.05) is 0 Å². The Morgan fingerprint density at radius 3 is 2.00 bits per heavy atom. The summed E-state index contributed by atoms with van der Waals surface area (Å²) in [4.78, 5) is 4.99. The average Bonchev–Trinajstić information content (AvgIpc) is 3.33. The predicted molar refractivity (Wildman–Crippen MR) is 153 cm³/mol. The zero-order valence-corrected chi connectivity index (χ0v) is 20.3. The van der Waals surface area contributed by atoms with E-state index in [1.807, 2.05) is 30.5 Å². The van der Waals surface area contributed by atoms with Gasteiger partial charge in [0.15, 0.2) is 0 Å². The Hall–Kier alpha value is -4.40. The van der Waals surface area contributed by atoms with Crippen molar-refractivity contribution < 1.29 is 0 Å². The molecule has 0 radical (unpaired) electrons. The fourth-order valence-corrected chi connectivity index (χ4v) is 4.79. The van der Waals surface area contributed by atoms with Crippen LogP contribution in [-0.4, -0.2) is 10.8 Å². The minimum Gasteiger partial charge on any atom is -0.309 e. The molecule has 5 aromatic carbocycles. The lowest BCUT2D eigenvalue weighted by Crippen LogP contribution is -2.00. The quantitative estimate of drug-likeness (QED) is 0.218. The van der Waals surface area contributed by atoms with Gasteiger partial charge in [0.1, 0.15) is 0 Å². The van der Waals surface area contributed by atoms with Crippen LogP contribution in [-0.2, 0) is 0 Å². The maximum Gasteiger partial charge on any atom is 0.0708 e. The minimum atomic E-state index is 0.714. The van der Waals surface area contributed by atoms with Gasteiger partial charge in [-0.2, -0.15) is 0 Å². The molecular formula is C33H23ClN2. The van der Waals surface area contributed by atoms with Gasteiger partial charge in [-0.3, -0.25) is 4.99 Å². The van der Waals surface area contributed by atoms with E-state index >= 15 is 0 Å². The van der Waals surface area contributed by atoms with Gasteiger partial charge in [-0.05, 0) is 52.9 Å². The molecular weight excluding hydrogens is 460 g/mol. The Labute approximate surface area is 215 Å². The number of aliphatic imine (C=N–C) groups is 1. The molecule has 0 N–H and O–H groups in total. The van der Waals surface area contributed by atoms with E-state index in [4.69, 9.17) is 16.6 Å². The Kier molecular flexibility index (Phi) is 5.95. The van der Waals surface area contributed by atoms with E-state index in [2.05, 4.69) is 114 Å². The number of benzene rings is 5. The van der Waals surface area contributed by atoms with E-state index in [0.717, 1.165) is 44.8 Å². The number of aromatic nitrogens is 1. The van der Waals surface area contributed by atoms with E-state index in [1.165, 1.54) is 5.39 Å². The molecule has 0 spiro atoms. The molecule has 0 atom stereocenters. The van der Waals surface area contributed by atoms with Crippen molar-refractivity contribution in [3.63, 3.8) is 0 Å². The van der Waals surface area contributed by atoms with Gasteiger partial charge in [-0.25, -0.2) is 0 Å². The zero-order valence-electron chi connectivity index (χ0n) is 19.6. The summed E-state index contributed by atoms with van der Waals surface area (Å²) >= 11 is 6.25. The Morgan fingerprint density at radius 2 is 1.25 bits per heavy atom.